The first-order chi connectivity index (χ1) is 10.8. The third-order valence-electron chi connectivity index (χ3n) is 3.87. The van der Waals surface area contributed by atoms with Crippen LogP contribution in [-0.2, 0) is 11.3 Å². The minimum atomic E-state index is 0.288. The SMILES string of the molecule is CCCC(=O)N1CCN(Cc2nc(-c3ccco3)cs2)CC1. The van der Waals surface area contributed by atoms with E-state index in [-0.39, 0.29) is 5.91 Å². The Labute approximate surface area is 134 Å². The summed E-state index contributed by atoms with van der Waals surface area (Å²) in [4.78, 5) is 20.9. The van der Waals surface area contributed by atoms with Crippen molar-refractivity contribution in [1.82, 2.24) is 14.8 Å². The average Bonchev–Trinajstić information content (AvgIpc) is 3.19. The monoisotopic (exact) mass is 319 g/mol. The predicted octanol–water partition coefficient (Wildman–Crippen LogP) is 2.85. The highest BCUT2D eigenvalue weighted by Gasteiger charge is 2.21. The number of rotatable bonds is 5. The lowest BCUT2D eigenvalue weighted by Crippen LogP contribution is -2.48. The molecule has 0 aliphatic carbocycles. The summed E-state index contributed by atoms with van der Waals surface area (Å²) in [7, 11) is 0. The third-order valence-corrected chi connectivity index (χ3v) is 4.71. The van der Waals surface area contributed by atoms with E-state index in [1.807, 2.05) is 29.3 Å². The Kier molecular flexibility index (Phi) is 4.90. The molecule has 5 nitrogen and oxygen atoms in total. The van der Waals surface area contributed by atoms with Crippen LogP contribution < -0.4 is 0 Å². The molecule has 0 radical (unpaired) electrons. The zero-order valence-corrected chi connectivity index (χ0v) is 13.6. The molecule has 3 heterocycles. The Morgan fingerprint density at radius 3 is 2.86 bits per heavy atom. The number of hydrogen-bond acceptors (Lipinski definition) is 5. The van der Waals surface area contributed by atoms with Crippen LogP contribution in [0, 0.1) is 0 Å². The molecule has 1 fully saturated rings. The van der Waals surface area contributed by atoms with E-state index in [4.69, 9.17) is 4.42 Å². The normalized spacial score (nSPS) is 16.1. The maximum Gasteiger partial charge on any atom is 0.222 e. The van der Waals surface area contributed by atoms with Crippen LogP contribution in [-0.4, -0.2) is 46.9 Å². The van der Waals surface area contributed by atoms with Crippen molar-refractivity contribution in [2.75, 3.05) is 26.2 Å². The highest BCUT2D eigenvalue weighted by atomic mass is 32.1. The second-order valence-corrected chi connectivity index (χ2v) is 6.45. The average molecular weight is 319 g/mol. The van der Waals surface area contributed by atoms with E-state index >= 15 is 0 Å². The Hall–Kier alpha value is -1.66. The number of carbonyl (C=O) groups is 1. The van der Waals surface area contributed by atoms with Crippen molar-refractivity contribution in [2.24, 2.45) is 0 Å². The fourth-order valence-electron chi connectivity index (χ4n) is 2.64. The summed E-state index contributed by atoms with van der Waals surface area (Å²) >= 11 is 1.66. The van der Waals surface area contributed by atoms with Gasteiger partial charge < -0.3 is 9.32 Å². The molecule has 0 atom stereocenters. The van der Waals surface area contributed by atoms with Crippen LogP contribution in [0.3, 0.4) is 0 Å². The van der Waals surface area contributed by atoms with E-state index in [1.165, 1.54) is 0 Å². The zero-order chi connectivity index (χ0) is 15.4. The largest absolute Gasteiger partial charge is 0.463 e. The molecule has 1 aliphatic rings. The van der Waals surface area contributed by atoms with Crippen molar-refractivity contribution in [3.63, 3.8) is 0 Å². The molecule has 22 heavy (non-hydrogen) atoms. The van der Waals surface area contributed by atoms with Gasteiger partial charge in [-0.1, -0.05) is 6.92 Å². The number of amides is 1. The topological polar surface area (TPSA) is 49.6 Å². The molecule has 0 unspecified atom stereocenters. The first kappa shape index (κ1) is 15.2. The molecule has 1 aliphatic heterocycles. The molecule has 3 rings (SSSR count). The summed E-state index contributed by atoms with van der Waals surface area (Å²) in [6.45, 7) is 6.40. The molecular weight excluding hydrogens is 298 g/mol. The minimum Gasteiger partial charge on any atom is -0.463 e. The number of nitrogens with zero attached hydrogens (tertiary/aromatic N) is 3. The van der Waals surface area contributed by atoms with E-state index in [0.717, 1.165) is 55.6 Å². The first-order valence-corrected chi connectivity index (χ1v) is 8.62. The first-order valence-electron chi connectivity index (χ1n) is 7.74. The molecule has 0 bridgehead atoms. The van der Waals surface area contributed by atoms with Gasteiger partial charge in [-0.2, -0.15) is 0 Å². The second kappa shape index (κ2) is 7.07. The number of thiazole rings is 1. The van der Waals surface area contributed by atoms with Crippen LogP contribution in [0.2, 0.25) is 0 Å². The minimum absolute atomic E-state index is 0.288. The molecule has 0 saturated carbocycles. The van der Waals surface area contributed by atoms with Crippen LogP contribution in [0.15, 0.2) is 28.2 Å². The molecule has 6 heteroatoms. The van der Waals surface area contributed by atoms with E-state index in [2.05, 4.69) is 9.88 Å². The van der Waals surface area contributed by atoms with Gasteiger partial charge in [0.05, 0.1) is 12.8 Å². The summed E-state index contributed by atoms with van der Waals surface area (Å²) in [6, 6.07) is 3.80. The molecule has 0 spiro atoms. The van der Waals surface area contributed by atoms with Gasteiger partial charge in [0, 0.05) is 38.0 Å². The van der Waals surface area contributed by atoms with Gasteiger partial charge in [-0.05, 0) is 18.6 Å². The Balaban J connectivity index is 1.52. The van der Waals surface area contributed by atoms with Crippen LogP contribution >= 0.6 is 11.3 Å². The number of carbonyl (C=O) groups excluding carboxylic acids is 1. The highest BCUT2D eigenvalue weighted by molar-refractivity contribution is 7.09. The van der Waals surface area contributed by atoms with Crippen molar-refractivity contribution < 1.29 is 9.21 Å². The van der Waals surface area contributed by atoms with Gasteiger partial charge in [0.15, 0.2) is 5.76 Å². The fourth-order valence-corrected chi connectivity index (χ4v) is 3.46. The number of hydrogen-bond donors (Lipinski definition) is 0. The molecule has 2 aromatic rings. The number of piperazine rings is 1. The maximum absolute atomic E-state index is 11.9. The lowest BCUT2D eigenvalue weighted by atomic mass is 10.2. The third kappa shape index (κ3) is 3.56. The van der Waals surface area contributed by atoms with Crippen molar-refractivity contribution in [2.45, 2.75) is 26.3 Å². The van der Waals surface area contributed by atoms with Gasteiger partial charge in [0.1, 0.15) is 10.7 Å². The smallest absolute Gasteiger partial charge is 0.222 e. The van der Waals surface area contributed by atoms with E-state index in [1.54, 1.807) is 17.6 Å². The molecular formula is C16H21N3O2S. The van der Waals surface area contributed by atoms with Crippen molar-refractivity contribution in [1.29, 1.82) is 0 Å². The zero-order valence-electron chi connectivity index (χ0n) is 12.8. The van der Waals surface area contributed by atoms with Crippen LogP contribution in [0.1, 0.15) is 24.8 Å². The molecule has 0 N–H and O–H groups in total. The maximum atomic E-state index is 11.9. The van der Waals surface area contributed by atoms with Gasteiger partial charge in [-0.15, -0.1) is 11.3 Å². The van der Waals surface area contributed by atoms with Crippen LogP contribution in [0.4, 0.5) is 0 Å². The summed E-state index contributed by atoms with van der Waals surface area (Å²) in [5.41, 5.74) is 0.904. The fraction of sp³-hybridized carbons (Fsp3) is 0.500. The Bertz CT molecular complexity index is 601. The van der Waals surface area contributed by atoms with E-state index < -0.39 is 0 Å². The Morgan fingerprint density at radius 1 is 1.36 bits per heavy atom. The van der Waals surface area contributed by atoms with Gasteiger partial charge in [0.2, 0.25) is 5.91 Å². The quantitative estimate of drug-likeness (QED) is 0.850. The van der Waals surface area contributed by atoms with Crippen molar-refractivity contribution in [3.05, 3.63) is 28.8 Å². The number of furan rings is 1. The van der Waals surface area contributed by atoms with E-state index in [0.29, 0.717) is 6.42 Å². The van der Waals surface area contributed by atoms with Crippen molar-refractivity contribution in [3.8, 4) is 11.5 Å². The Morgan fingerprint density at radius 2 is 2.18 bits per heavy atom. The van der Waals surface area contributed by atoms with Crippen molar-refractivity contribution >= 4 is 17.2 Å². The molecule has 0 aromatic carbocycles. The molecule has 1 amide bonds. The summed E-state index contributed by atoms with van der Waals surface area (Å²) in [5, 5.41) is 3.13. The van der Waals surface area contributed by atoms with Gasteiger partial charge in [0.25, 0.3) is 0 Å². The summed E-state index contributed by atoms with van der Waals surface area (Å²) in [5.74, 6) is 1.11. The summed E-state index contributed by atoms with van der Waals surface area (Å²) < 4.78 is 5.37. The van der Waals surface area contributed by atoms with Crippen LogP contribution in [0.25, 0.3) is 11.5 Å². The van der Waals surface area contributed by atoms with Gasteiger partial charge in [-0.25, -0.2) is 4.98 Å². The van der Waals surface area contributed by atoms with Gasteiger partial charge >= 0.3 is 0 Å². The molecule has 118 valence electrons. The lowest BCUT2D eigenvalue weighted by Gasteiger charge is -2.34. The second-order valence-electron chi connectivity index (χ2n) is 5.51. The lowest BCUT2D eigenvalue weighted by molar-refractivity contribution is -0.133. The summed E-state index contributed by atoms with van der Waals surface area (Å²) in [6.07, 6.45) is 3.26. The molecule has 2 aromatic heterocycles. The predicted molar refractivity (Wildman–Crippen MR) is 86.6 cm³/mol. The molecule has 1 saturated heterocycles. The highest BCUT2D eigenvalue weighted by Crippen LogP contribution is 2.23. The van der Waals surface area contributed by atoms with Crippen LogP contribution in [0.5, 0.6) is 0 Å². The number of aromatic nitrogens is 1. The van der Waals surface area contributed by atoms with Gasteiger partial charge in [-0.3, -0.25) is 9.69 Å². The van der Waals surface area contributed by atoms with E-state index in [9.17, 15) is 4.79 Å². The standard InChI is InChI=1S/C16H21N3O2S/c1-2-4-16(20)19-8-6-18(7-9-19)11-15-17-13(12-22-15)14-5-3-10-21-14/h3,5,10,12H,2,4,6-9,11H2,1H3.